The Bertz CT molecular complexity index is 744. The van der Waals surface area contributed by atoms with Crippen LogP contribution in [0.4, 0.5) is 0 Å². The van der Waals surface area contributed by atoms with Crippen molar-refractivity contribution in [2.45, 2.75) is 71.8 Å². The lowest BCUT2D eigenvalue weighted by molar-refractivity contribution is 0.109. The molecule has 2 atom stereocenters. The van der Waals surface area contributed by atoms with Gasteiger partial charge in [-0.15, -0.1) is 11.3 Å². The van der Waals surface area contributed by atoms with E-state index in [1.807, 2.05) is 6.07 Å². The Balaban J connectivity index is 1.93. The van der Waals surface area contributed by atoms with Crippen LogP contribution in [0.2, 0.25) is 0 Å². The van der Waals surface area contributed by atoms with Gasteiger partial charge >= 0.3 is 0 Å². The maximum atomic E-state index is 10.7. The van der Waals surface area contributed by atoms with Gasteiger partial charge in [0.05, 0.1) is 10.4 Å². The maximum Gasteiger partial charge on any atom is 0.138 e. The summed E-state index contributed by atoms with van der Waals surface area (Å²) in [6, 6.07) is 6.20. The summed E-state index contributed by atoms with van der Waals surface area (Å²) in [7, 11) is 0. The van der Waals surface area contributed by atoms with Crippen molar-refractivity contribution in [2.75, 3.05) is 0 Å². The second-order valence-corrected chi connectivity index (χ2v) is 8.87. The number of phenolic OH excluding ortho intramolecular Hbond substituents is 1. The second-order valence-electron chi connectivity index (χ2n) is 7.95. The minimum absolute atomic E-state index is 0.343. The largest absolute Gasteiger partial charge is 0.507 e. The predicted octanol–water partition coefficient (Wildman–Crippen LogP) is 7.07. The van der Waals surface area contributed by atoms with Crippen LogP contribution in [0, 0.1) is 5.92 Å². The van der Waals surface area contributed by atoms with E-state index < -0.39 is 0 Å². The molecule has 0 saturated carbocycles. The molecule has 1 aliphatic rings. The van der Waals surface area contributed by atoms with Crippen molar-refractivity contribution in [3.05, 3.63) is 34.0 Å². The zero-order valence-corrected chi connectivity index (χ0v) is 16.9. The molecule has 1 aromatic carbocycles. The molecule has 1 aliphatic heterocycles. The third-order valence-electron chi connectivity index (χ3n) is 5.59. The highest BCUT2D eigenvalue weighted by Crippen LogP contribution is 2.52. The fourth-order valence-electron chi connectivity index (χ4n) is 3.82. The molecule has 25 heavy (non-hydrogen) atoms. The van der Waals surface area contributed by atoms with Crippen molar-refractivity contribution in [2.24, 2.45) is 5.92 Å². The summed E-state index contributed by atoms with van der Waals surface area (Å²) in [5, 5.41) is 12.8. The molecule has 0 fully saturated rings. The summed E-state index contributed by atoms with van der Waals surface area (Å²) in [5.74, 6) is 2.16. The summed E-state index contributed by atoms with van der Waals surface area (Å²) in [6.07, 6.45) is 5.06. The average Bonchev–Trinajstić information content (AvgIpc) is 3.04. The summed E-state index contributed by atoms with van der Waals surface area (Å²) in [5.41, 5.74) is 2.79. The molecule has 3 rings (SSSR count). The first kappa shape index (κ1) is 18.3. The summed E-state index contributed by atoms with van der Waals surface area (Å²) < 4.78 is 6.30. The predicted molar refractivity (Wildman–Crippen MR) is 107 cm³/mol. The molecule has 1 N–H and O–H groups in total. The van der Waals surface area contributed by atoms with Gasteiger partial charge in [0.15, 0.2) is 0 Å². The number of phenols is 1. The van der Waals surface area contributed by atoms with Gasteiger partial charge in [-0.05, 0) is 54.8 Å². The molecule has 0 spiro atoms. The van der Waals surface area contributed by atoms with Crippen LogP contribution in [0.3, 0.4) is 0 Å². The lowest BCUT2D eigenvalue weighted by atomic mass is 9.83. The molecule has 0 bridgehead atoms. The molecule has 0 aliphatic carbocycles. The zero-order chi connectivity index (χ0) is 18.2. The Morgan fingerprint density at radius 2 is 1.96 bits per heavy atom. The van der Waals surface area contributed by atoms with Crippen LogP contribution in [0.25, 0.3) is 11.1 Å². The van der Waals surface area contributed by atoms with E-state index in [2.05, 4.69) is 52.1 Å². The highest BCUT2D eigenvalue weighted by Gasteiger charge is 2.35. The Morgan fingerprint density at radius 1 is 1.20 bits per heavy atom. The molecule has 136 valence electrons. The molecular formula is C22H30O2S. The average molecular weight is 359 g/mol. The molecular weight excluding hydrogens is 328 g/mol. The monoisotopic (exact) mass is 358 g/mol. The second kappa shape index (κ2) is 7.03. The number of unbranched alkanes of at least 4 members (excludes halogenated alkanes) is 2. The lowest BCUT2D eigenvalue weighted by Gasteiger charge is -2.34. The van der Waals surface area contributed by atoms with Crippen LogP contribution in [0.5, 0.6) is 11.5 Å². The lowest BCUT2D eigenvalue weighted by Crippen LogP contribution is -2.28. The smallest absolute Gasteiger partial charge is 0.138 e. The normalized spacial score (nSPS) is 17.3. The fraction of sp³-hybridized carbons (Fsp3) is 0.545. The number of hydrogen-bond acceptors (Lipinski definition) is 3. The van der Waals surface area contributed by atoms with Gasteiger partial charge in [0.25, 0.3) is 0 Å². The van der Waals surface area contributed by atoms with Crippen molar-refractivity contribution >= 4 is 11.3 Å². The van der Waals surface area contributed by atoms with E-state index in [9.17, 15) is 5.11 Å². The minimum Gasteiger partial charge on any atom is -0.507 e. The maximum absolute atomic E-state index is 10.7. The van der Waals surface area contributed by atoms with Gasteiger partial charge in [-0.2, -0.15) is 0 Å². The van der Waals surface area contributed by atoms with E-state index in [1.54, 1.807) is 11.3 Å². The number of hydrogen-bond donors (Lipinski definition) is 1. The highest BCUT2D eigenvalue weighted by molar-refractivity contribution is 7.10. The van der Waals surface area contributed by atoms with Gasteiger partial charge < -0.3 is 9.84 Å². The van der Waals surface area contributed by atoms with Gasteiger partial charge in [-0.25, -0.2) is 0 Å². The third-order valence-corrected chi connectivity index (χ3v) is 6.81. The van der Waals surface area contributed by atoms with Crippen molar-refractivity contribution in [1.82, 2.24) is 0 Å². The Morgan fingerprint density at radius 3 is 2.68 bits per heavy atom. The summed E-state index contributed by atoms with van der Waals surface area (Å²) in [4.78, 5) is 1.18. The van der Waals surface area contributed by atoms with Crippen LogP contribution in [-0.2, 0) is 5.60 Å². The SMILES string of the molecule is CCCCCC(C)C(C)c1cc(O)c2c(c1)OC(C)(C)c1sccc1-2. The standard InChI is InChI=1S/C22H30O2S/c1-6-7-8-9-14(2)15(3)16-12-18(23)20-17-10-11-25-21(17)22(4,5)24-19(20)13-16/h10-15,23H,6-9H2,1-5H3. The molecule has 0 saturated heterocycles. The Hall–Kier alpha value is -1.48. The first-order valence-electron chi connectivity index (χ1n) is 9.49. The Labute approximate surface area is 155 Å². The van der Waals surface area contributed by atoms with Crippen LogP contribution in [0.15, 0.2) is 23.6 Å². The number of ether oxygens (including phenoxy) is 1. The van der Waals surface area contributed by atoms with Crippen LogP contribution < -0.4 is 4.74 Å². The van der Waals surface area contributed by atoms with Crippen LogP contribution >= 0.6 is 11.3 Å². The van der Waals surface area contributed by atoms with Gasteiger partial charge in [-0.3, -0.25) is 0 Å². The first-order valence-corrected chi connectivity index (χ1v) is 10.4. The van der Waals surface area contributed by atoms with E-state index in [0.717, 1.165) is 16.9 Å². The fourth-order valence-corrected chi connectivity index (χ4v) is 4.79. The molecule has 2 aromatic rings. The van der Waals surface area contributed by atoms with E-state index in [-0.39, 0.29) is 5.60 Å². The van der Waals surface area contributed by atoms with Crippen molar-refractivity contribution in [3.8, 4) is 22.6 Å². The van der Waals surface area contributed by atoms with Crippen molar-refractivity contribution in [1.29, 1.82) is 0 Å². The van der Waals surface area contributed by atoms with Crippen LogP contribution in [0.1, 0.15) is 76.7 Å². The van der Waals surface area contributed by atoms with Crippen molar-refractivity contribution in [3.63, 3.8) is 0 Å². The number of aromatic hydroxyl groups is 1. The van der Waals surface area contributed by atoms with E-state index in [0.29, 0.717) is 17.6 Å². The molecule has 0 radical (unpaired) electrons. The number of rotatable bonds is 6. The topological polar surface area (TPSA) is 29.5 Å². The molecule has 2 nitrogen and oxygen atoms in total. The van der Waals surface area contributed by atoms with Crippen molar-refractivity contribution < 1.29 is 9.84 Å². The molecule has 2 unspecified atom stereocenters. The van der Waals surface area contributed by atoms with Crippen LogP contribution in [-0.4, -0.2) is 5.11 Å². The summed E-state index contributed by atoms with van der Waals surface area (Å²) >= 11 is 1.70. The summed E-state index contributed by atoms with van der Waals surface area (Å²) in [6.45, 7) is 11.0. The first-order chi connectivity index (χ1) is 11.8. The Kier molecular flexibility index (Phi) is 5.15. The zero-order valence-electron chi connectivity index (χ0n) is 16.1. The third kappa shape index (κ3) is 3.44. The molecule has 1 aromatic heterocycles. The van der Waals surface area contributed by atoms with E-state index in [4.69, 9.17) is 4.74 Å². The molecule has 0 amide bonds. The quantitative estimate of drug-likeness (QED) is 0.560. The van der Waals surface area contributed by atoms with Gasteiger partial charge in [0.1, 0.15) is 17.1 Å². The number of benzene rings is 1. The number of thiophene rings is 1. The minimum atomic E-state index is -0.350. The molecule has 3 heteroatoms. The highest BCUT2D eigenvalue weighted by atomic mass is 32.1. The molecule has 2 heterocycles. The van der Waals surface area contributed by atoms with Gasteiger partial charge in [0, 0.05) is 5.56 Å². The van der Waals surface area contributed by atoms with Gasteiger partial charge in [0.2, 0.25) is 0 Å². The van der Waals surface area contributed by atoms with E-state index >= 15 is 0 Å². The van der Waals surface area contributed by atoms with E-state index in [1.165, 1.54) is 36.1 Å². The number of fused-ring (bicyclic) bond motifs is 3. The van der Waals surface area contributed by atoms with Gasteiger partial charge in [-0.1, -0.05) is 46.5 Å².